The summed E-state index contributed by atoms with van der Waals surface area (Å²) in [4.78, 5) is 3.26. The molecule has 1 aromatic heterocycles. The fourth-order valence-corrected chi connectivity index (χ4v) is 3.47. The van der Waals surface area contributed by atoms with Crippen molar-refractivity contribution in [2.24, 2.45) is 0 Å². The zero-order valence-electron chi connectivity index (χ0n) is 14.0. The Morgan fingerprint density at radius 1 is 1.16 bits per heavy atom. The van der Waals surface area contributed by atoms with Crippen LogP contribution in [0.5, 0.6) is 5.75 Å². The van der Waals surface area contributed by atoms with Crippen LogP contribution in [0.25, 0.3) is 10.9 Å². The van der Waals surface area contributed by atoms with Crippen LogP contribution in [-0.2, 0) is 16.3 Å². The summed E-state index contributed by atoms with van der Waals surface area (Å²) in [6, 6.07) is 14.8. The molecule has 0 aliphatic carbocycles. The minimum Gasteiger partial charge on any atom is -0.494 e. The normalized spacial score (nSPS) is 11.4. The van der Waals surface area contributed by atoms with Crippen LogP contribution in [0, 0.1) is 11.3 Å². The van der Waals surface area contributed by atoms with Gasteiger partial charge in [-0.05, 0) is 36.8 Å². The Labute approximate surface area is 146 Å². The van der Waals surface area contributed by atoms with Crippen molar-refractivity contribution in [2.75, 3.05) is 12.9 Å². The van der Waals surface area contributed by atoms with Crippen molar-refractivity contribution in [2.45, 2.75) is 18.2 Å². The number of benzene rings is 2. The molecular formula is C19H18N2O3S. The second-order valence-corrected chi connectivity index (χ2v) is 7.84. The summed E-state index contributed by atoms with van der Waals surface area (Å²) in [5.74, 6) is 0.809. The van der Waals surface area contributed by atoms with Crippen LogP contribution in [0.1, 0.15) is 23.7 Å². The van der Waals surface area contributed by atoms with Crippen molar-refractivity contribution in [1.82, 2.24) is 4.98 Å². The van der Waals surface area contributed by atoms with Gasteiger partial charge in [0.15, 0.2) is 9.84 Å². The Bertz CT molecular complexity index is 1060. The first-order chi connectivity index (χ1) is 11.9. The van der Waals surface area contributed by atoms with Crippen LogP contribution in [0.2, 0.25) is 0 Å². The smallest absolute Gasteiger partial charge is 0.175 e. The molecule has 0 fully saturated rings. The molecule has 0 amide bonds. The van der Waals surface area contributed by atoms with Gasteiger partial charge in [-0.2, -0.15) is 5.26 Å². The summed E-state index contributed by atoms with van der Waals surface area (Å²) in [5.41, 5.74) is 3.02. The van der Waals surface area contributed by atoms with E-state index in [0.29, 0.717) is 24.2 Å². The highest BCUT2D eigenvalue weighted by Gasteiger charge is 2.15. The van der Waals surface area contributed by atoms with E-state index in [1.165, 1.54) is 6.26 Å². The molecule has 3 aromatic rings. The van der Waals surface area contributed by atoms with Gasteiger partial charge in [-0.1, -0.05) is 18.2 Å². The molecule has 0 aliphatic heterocycles. The first-order valence-electron chi connectivity index (χ1n) is 7.89. The van der Waals surface area contributed by atoms with Crippen LogP contribution in [0.3, 0.4) is 0 Å². The minimum atomic E-state index is -3.29. The van der Waals surface area contributed by atoms with Crippen molar-refractivity contribution in [3.63, 3.8) is 0 Å². The molecular weight excluding hydrogens is 336 g/mol. The molecule has 6 heteroatoms. The maximum atomic E-state index is 11.7. The summed E-state index contributed by atoms with van der Waals surface area (Å²) in [6.07, 6.45) is 1.75. The van der Waals surface area contributed by atoms with Gasteiger partial charge >= 0.3 is 0 Å². The number of aromatic amines is 1. The van der Waals surface area contributed by atoms with Gasteiger partial charge in [0.1, 0.15) is 17.5 Å². The largest absolute Gasteiger partial charge is 0.494 e. The zero-order chi connectivity index (χ0) is 18.0. The van der Waals surface area contributed by atoms with Crippen molar-refractivity contribution in [3.8, 4) is 11.8 Å². The number of hydrogen-bond donors (Lipinski definition) is 1. The second kappa shape index (κ2) is 6.61. The van der Waals surface area contributed by atoms with E-state index < -0.39 is 9.84 Å². The van der Waals surface area contributed by atoms with E-state index in [-0.39, 0.29) is 4.90 Å². The number of aromatic nitrogens is 1. The van der Waals surface area contributed by atoms with Gasteiger partial charge in [-0.15, -0.1) is 0 Å². The van der Waals surface area contributed by atoms with Crippen LogP contribution in [-0.4, -0.2) is 26.3 Å². The van der Waals surface area contributed by atoms with Gasteiger partial charge < -0.3 is 9.72 Å². The second-order valence-electron chi connectivity index (χ2n) is 5.82. The zero-order valence-corrected chi connectivity index (χ0v) is 14.9. The predicted molar refractivity (Wildman–Crippen MR) is 96.5 cm³/mol. The fourth-order valence-electron chi connectivity index (χ4n) is 2.82. The lowest BCUT2D eigenvalue weighted by molar-refractivity contribution is 0.340. The number of hydrogen-bond acceptors (Lipinski definition) is 4. The highest BCUT2D eigenvalue weighted by Crippen LogP contribution is 2.27. The number of H-pyrrole nitrogens is 1. The molecule has 0 atom stereocenters. The van der Waals surface area contributed by atoms with Crippen molar-refractivity contribution in [1.29, 1.82) is 5.26 Å². The van der Waals surface area contributed by atoms with Crippen molar-refractivity contribution in [3.05, 3.63) is 59.3 Å². The molecule has 0 spiro atoms. The molecule has 25 heavy (non-hydrogen) atoms. The molecule has 0 saturated carbocycles. The van der Waals surface area contributed by atoms with E-state index in [2.05, 4.69) is 11.1 Å². The molecule has 0 bridgehead atoms. The van der Waals surface area contributed by atoms with Gasteiger partial charge in [0, 0.05) is 29.1 Å². The molecule has 1 N–H and O–H groups in total. The Kier molecular flexibility index (Phi) is 4.51. The van der Waals surface area contributed by atoms with E-state index in [4.69, 9.17) is 4.74 Å². The highest BCUT2D eigenvalue weighted by atomic mass is 32.2. The van der Waals surface area contributed by atoms with Gasteiger partial charge in [0.2, 0.25) is 0 Å². The lowest BCUT2D eigenvalue weighted by atomic mass is 10.0. The van der Waals surface area contributed by atoms with Gasteiger partial charge in [-0.3, -0.25) is 0 Å². The van der Waals surface area contributed by atoms with Crippen molar-refractivity contribution >= 4 is 20.7 Å². The summed E-state index contributed by atoms with van der Waals surface area (Å²) >= 11 is 0. The van der Waals surface area contributed by atoms with Crippen LogP contribution in [0.4, 0.5) is 0 Å². The summed E-state index contributed by atoms with van der Waals surface area (Å²) in [5, 5.41) is 10.3. The first kappa shape index (κ1) is 17.1. The van der Waals surface area contributed by atoms with Crippen molar-refractivity contribution < 1.29 is 13.2 Å². The SMILES string of the molecule is CCOc1ccc(Cc2c(C#N)[nH]c3cc(S(C)(=O)=O)ccc23)cc1. The van der Waals surface area contributed by atoms with Crippen LogP contribution in [0.15, 0.2) is 47.4 Å². The quantitative estimate of drug-likeness (QED) is 0.761. The molecule has 1 heterocycles. The maximum absolute atomic E-state index is 11.7. The maximum Gasteiger partial charge on any atom is 0.175 e. The molecule has 0 unspecified atom stereocenters. The van der Waals surface area contributed by atoms with Crippen LogP contribution < -0.4 is 4.74 Å². The first-order valence-corrected chi connectivity index (χ1v) is 9.78. The molecule has 128 valence electrons. The number of nitrogens with one attached hydrogen (secondary N) is 1. The number of ether oxygens (including phenoxy) is 1. The molecule has 5 nitrogen and oxygen atoms in total. The number of nitrogens with zero attached hydrogens (tertiary/aromatic N) is 1. The molecule has 0 aliphatic rings. The van der Waals surface area contributed by atoms with E-state index in [1.54, 1.807) is 18.2 Å². The predicted octanol–water partition coefficient (Wildman–Crippen LogP) is 3.43. The molecule has 0 radical (unpaired) electrons. The number of rotatable bonds is 5. The Balaban J connectivity index is 2.02. The Morgan fingerprint density at radius 3 is 2.48 bits per heavy atom. The van der Waals surface area contributed by atoms with E-state index >= 15 is 0 Å². The Morgan fingerprint density at radius 2 is 1.88 bits per heavy atom. The van der Waals surface area contributed by atoms with Gasteiger partial charge in [-0.25, -0.2) is 8.42 Å². The highest BCUT2D eigenvalue weighted by molar-refractivity contribution is 7.90. The molecule has 3 rings (SSSR count). The monoisotopic (exact) mass is 354 g/mol. The standard InChI is InChI=1S/C19H18N2O3S/c1-3-24-14-6-4-13(5-7-14)10-17-16-9-8-15(25(2,22)23)11-18(16)21-19(17)12-20/h4-9,11,21H,3,10H2,1-2H3. The topological polar surface area (TPSA) is 82.9 Å². The van der Waals surface area contributed by atoms with Gasteiger partial charge in [0.25, 0.3) is 0 Å². The third kappa shape index (κ3) is 3.52. The van der Waals surface area contributed by atoms with Crippen LogP contribution >= 0.6 is 0 Å². The summed E-state index contributed by atoms with van der Waals surface area (Å²) < 4.78 is 28.9. The van der Waals surface area contributed by atoms with E-state index in [0.717, 1.165) is 22.3 Å². The Hall–Kier alpha value is -2.78. The summed E-state index contributed by atoms with van der Waals surface area (Å²) in [6.45, 7) is 2.55. The lowest BCUT2D eigenvalue weighted by Crippen LogP contribution is -1.96. The average Bonchev–Trinajstić information content (AvgIpc) is 2.93. The minimum absolute atomic E-state index is 0.235. The average molecular weight is 354 g/mol. The van der Waals surface area contributed by atoms with E-state index in [1.807, 2.05) is 31.2 Å². The molecule has 0 saturated heterocycles. The summed E-state index contributed by atoms with van der Waals surface area (Å²) in [7, 11) is -3.29. The van der Waals surface area contributed by atoms with E-state index in [9.17, 15) is 13.7 Å². The third-order valence-electron chi connectivity index (χ3n) is 4.03. The fraction of sp³-hybridized carbons (Fsp3) is 0.211. The van der Waals surface area contributed by atoms with Gasteiger partial charge in [0.05, 0.1) is 11.5 Å². The number of fused-ring (bicyclic) bond motifs is 1. The molecule has 2 aromatic carbocycles. The third-order valence-corrected chi connectivity index (χ3v) is 5.14. The lowest BCUT2D eigenvalue weighted by Gasteiger charge is -2.05. The number of nitriles is 1. The number of sulfone groups is 1.